The molecule has 0 amide bonds. The van der Waals surface area contributed by atoms with Gasteiger partial charge >= 0.3 is 0 Å². The third-order valence-corrected chi connectivity index (χ3v) is 2.29. The van der Waals surface area contributed by atoms with Crippen LogP contribution in [0.1, 0.15) is 18.9 Å². The molecule has 0 aromatic heterocycles. The van der Waals surface area contributed by atoms with Crippen molar-refractivity contribution in [2.45, 2.75) is 25.3 Å². The van der Waals surface area contributed by atoms with Gasteiger partial charge in [0, 0.05) is 0 Å². The fourth-order valence-corrected chi connectivity index (χ4v) is 1.09. The second-order valence-corrected chi connectivity index (χ2v) is 3.62. The number of alkyl halides is 1. The van der Waals surface area contributed by atoms with Gasteiger partial charge in [0.05, 0.1) is 18.6 Å². The van der Waals surface area contributed by atoms with Crippen molar-refractivity contribution in [2.24, 2.45) is 0 Å². The van der Waals surface area contributed by atoms with Gasteiger partial charge in [0.25, 0.3) is 0 Å². The lowest BCUT2D eigenvalue weighted by Crippen LogP contribution is -2.07. The summed E-state index contributed by atoms with van der Waals surface area (Å²) in [6.45, 7) is 3.35. The highest BCUT2D eigenvalue weighted by atomic mass is 35.5. The summed E-state index contributed by atoms with van der Waals surface area (Å²) in [6, 6.07) is 10.1. The van der Waals surface area contributed by atoms with Crippen LogP contribution >= 0.6 is 11.6 Å². The third kappa shape index (κ3) is 4.30. The molecule has 0 fully saturated rings. The topological polar surface area (TPSA) is 9.23 Å². The number of benzene rings is 1. The number of hydrogen-bond donors (Lipinski definition) is 0. The first-order valence-corrected chi connectivity index (χ1v) is 5.02. The van der Waals surface area contributed by atoms with Crippen LogP contribution in [0.25, 0.3) is 0 Å². The van der Waals surface area contributed by atoms with Crippen LogP contribution in [0.2, 0.25) is 0 Å². The molecule has 0 spiro atoms. The average Bonchev–Trinajstić information content (AvgIpc) is 2.19. The molecule has 0 heterocycles. The summed E-state index contributed by atoms with van der Waals surface area (Å²) in [7, 11) is 0. The largest absolute Gasteiger partial charge is 0.375 e. The molecule has 2 heteroatoms. The molecule has 0 radical (unpaired) electrons. The Morgan fingerprint density at radius 1 is 1.31 bits per heavy atom. The third-order valence-electron chi connectivity index (χ3n) is 1.85. The van der Waals surface area contributed by atoms with Crippen LogP contribution in [0.4, 0.5) is 0 Å². The molecule has 0 aliphatic heterocycles. The maximum atomic E-state index is 5.91. The van der Waals surface area contributed by atoms with Crippen molar-refractivity contribution in [3.05, 3.63) is 35.9 Å². The van der Waals surface area contributed by atoms with Gasteiger partial charge in [-0.3, -0.25) is 0 Å². The zero-order chi connectivity index (χ0) is 9.52. The molecule has 1 rings (SSSR count). The van der Waals surface area contributed by atoms with Crippen molar-refractivity contribution >= 4 is 11.6 Å². The lowest BCUT2D eigenvalue weighted by molar-refractivity contribution is 0.120. The number of ether oxygens (including phenoxy) is 1. The summed E-state index contributed by atoms with van der Waals surface area (Å²) in [4.78, 5) is 0. The summed E-state index contributed by atoms with van der Waals surface area (Å²) < 4.78 is 5.44. The minimum atomic E-state index is 0.142. The van der Waals surface area contributed by atoms with E-state index in [-0.39, 0.29) is 5.38 Å². The molecule has 1 aromatic carbocycles. The van der Waals surface area contributed by atoms with Crippen LogP contribution in [-0.2, 0) is 11.3 Å². The van der Waals surface area contributed by atoms with Crippen molar-refractivity contribution in [1.82, 2.24) is 0 Å². The lowest BCUT2D eigenvalue weighted by Gasteiger charge is -2.07. The van der Waals surface area contributed by atoms with Crippen LogP contribution in [0.15, 0.2) is 30.3 Å². The molecule has 0 saturated carbocycles. The van der Waals surface area contributed by atoms with Gasteiger partial charge in [-0.2, -0.15) is 0 Å². The first-order chi connectivity index (χ1) is 6.33. The molecule has 0 bridgehead atoms. The molecule has 0 aliphatic carbocycles. The summed E-state index contributed by atoms with van der Waals surface area (Å²) in [5.41, 5.74) is 1.20. The number of hydrogen-bond acceptors (Lipinski definition) is 1. The zero-order valence-corrected chi connectivity index (χ0v) is 8.63. The molecule has 72 valence electrons. The highest BCUT2D eigenvalue weighted by molar-refractivity contribution is 6.20. The van der Waals surface area contributed by atoms with Crippen LogP contribution in [0.3, 0.4) is 0 Å². The summed E-state index contributed by atoms with van der Waals surface area (Å²) >= 11 is 5.91. The van der Waals surface area contributed by atoms with Gasteiger partial charge < -0.3 is 4.74 Å². The fraction of sp³-hybridized carbons (Fsp3) is 0.455. The van der Waals surface area contributed by atoms with Crippen LogP contribution in [-0.4, -0.2) is 12.0 Å². The van der Waals surface area contributed by atoms with Crippen LogP contribution < -0.4 is 0 Å². The van der Waals surface area contributed by atoms with Gasteiger partial charge in [0.2, 0.25) is 0 Å². The quantitative estimate of drug-likeness (QED) is 0.661. The summed E-state index contributed by atoms with van der Waals surface area (Å²) in [5.74, 6) is 0. The zero-order valence-electron chi connectivity index (χ0n) is 7.87. The summed E-state index contributed by atoms with van der Waals surface area (Å²) in [5, 5.41) is 0.142. The predicted molar refractivity (Wildman–Crippen MR) is 56.0 cm³/mol. The van der Waals surface area contributed by atoms with E-state index in [0.29, 0.717) is 13.2 Å². The van der Waals surface area contributed by atoms with E-state index in [1.807, 2.05) is 18.2 Å². The Bertz CT molecular complexity index is 223. The van der Waals surface area contributed by atoms with Crippen molar-refractivity contribution in [3.63, 3.8) is 0 Å². The Kier molecular flexibility index (Phi) is 4.87. The van der Waals surface area contributed by atoms with Crippen molar-refractivity contribution in [1.29, 1.82) is 0 Å². The molecule has 1 aromatic rings. The summed E-state index contributed by atoms with van der Waals surface area (Å²) in [6.07, 6.45) is 0.955. The smallest absolute Gasteiger partial charge is 0.0717 e. The average molecular weight is 199 g/mol. The maximum Gasteiger partial charge on any atom is 0.0717 e. The Balaban J connectivity index is 2.20. The van der Waals surface area contributed by atoms with E-state index in [1.54, 1.807) is 0 Å². The van der Waals surface area contributed by atoms with Gasteiger partial charge in [0.15, 0.2) is 0 Å². The number of rotatable bonds is 5. The molecule has 13 heavy (non-hydrogen) atoms. The van der Waals surface area contributed by atoms with E-state index < -0.39 is 0 Å². The van der Waals surface area contributed by atoms with Crippen molar-refractivity contribution < 1.29 is 4.74 Å². The molecule has 0 N–H and O–H groups in total. The monoisotopic (exact) mass is 198 g/mol. The van der Waals surface area contributed by atoms with Gasteiger partial charge in [-0.25, -0.2) is 0 Å². The maximum absolute atomic E-state index is 5.91. The van der Waals surface area contributed by atoms with E-state index in [0.717, 1.165) is 6.42 Å². The standard InChI is InChI=1S/C11H15ClO/c1-2-11(12)9-13-8-10-6-4-3-5-7-10/h3-7,11H,2,8-9H2,1H3. The highest BCUT2D eigenvalue weighted by Crippen LogP contribution is 2.05. The van der Waals surface area contributed by atoms with Gasteiger partial charge in [-0.15, -0.1) is 11.6 Å². The van der Waals surface area contributed by atoms with Crippen molar-refractivity contribution in [3.8, 4) is 0 Å². The molecule has 1 atom stereocenters. The van der Waals surface area contributed by atoms with Crippen LogP contribution in [0, 0.1) is 0 Å². The minimum Gasteiger partial charge on any atom is -0.375 e. The van der Waals surface area contributed by atoms with Crippen molar-refractivity contribution in [2.75, 3.05) is 6.61 Å². The van der Waals surface area contributed by atoms with Gasteiger partial charge in [-0.1, -0.05) is 37.3 Å². The molecule has 1 nitrogen and oxygen atoms in total. The minimum absolute atomic E-state index is 0.142. The normalized spacial score (nSPS) is 12.8. The Labute approximate surface area is 84.7 Å². The van der Waals surface area contributed by atoms with Crippen LogP contribution in [0.5, 0.6) is 0 Å². The fourth-order valence-electron chi connectivity index (χ4n) is 0.997. The van der Waals surface area contributed by atoms with E-state index in [1.165, 1.54) is 5.56 Å². The van der Waals surface area contributed by atoms with E-state index in [2.05, 4.69) is 19.1 Å². The number of halogens is 1. The Morgan fingerprint density at radius 2 is 2.00 bits per heavy atom. The van der Waals surface area contributed by atoms with E-state index in [9.17, 15) is 0 Å². The molecule has 0 saturated heterocycles. The first-order valence-electron chi connectivity index (χ1n) is 4.58. The second-order valence-electron chi connectivity index (χ2n) is 3.01. The molecule has 1 unspecified atom stereocenters. The molecular weight excluding hydrogens is 184 g/mol. The van der Waals surface area contributed by atoms with Gasteiger partial charge in [0.1, 0.15) is 0 Å². The SMILES string of the molecule is CCC(Cl)COCc1ccccc1. The first kappa shape index (κ1) is 10.6. The van der Waals surface area contributed by atoms with Gasteiger partial charge in [-0.05, 0) is 12.0 Å². The lowest BCUT2D eigenvalue weighted by atomic mass is 10.2. The molecule has 0 aliphatic rings. The van der Waals surface area contributed by atoms with E-state index in [4.69, 9.17) is 16.3 Å². The Morgan fingerprint density at radius 3 is 2.62 bits per heavy atom. The molecular formula is C11H15ClO. The predicted octanol–water partition coefficient (Wildman–Crippen LogP) is 3.22. The highest BCUT2D eigenvalue weighted by Gasteiger charge is 2.00. The van der Waals surface area contributed by atoms with E-state index >= 15 is 0 Å². The Hall–Kier alpha value is -0.530. The second kappa shape index (κ2) is 6.01.